The molecule has 8 heteroatoms. The Morgan fingerprint density at radius 1 is 1.21 bits per heavy atom. The molecule has 0 spiro atoms. The van der Waals surface area contributed by atoms with Crippen LogP contribution in [0.1, 0.15) is 29.5 Å². The van der Waals surface area contributed by atoms with E-state index >= 15 is 0 Å². The van der Waals surface area contributed by atoms with E-state index in [1.54, 1.807) is 24.3 Å². The minimum Gasteiger partial charge on any atom is -0.486 e. The SMILES string of the molecule is O=C(NC1CC1)[C@H](Sc1n[nH]c(COc2ccc(Cl)cc2)n1)c1ccccc1. The monoisotopic (exact) mass is 414 g/mol. The maximum atomic E-state index is 12.7. The van der Waals surface area contributed by atoms with Crippen molar-refractivity contribution in [3.05, 3.63) is 71.0 Å². The molecule has 4 rings (SSSR count). The Balaban J connectivity index is 1.42. The summed E-state index contributed by atoms with van der Waals surface area (Å²) in [7, 11) is 0. The molecule has 1 aliphatic rings. The van der Waals surface area contributed by atoms with Gasteiger partial charge in [0.2, 0.25) is 11.1 Å². The van der Waals surface area contributed by atoms with Gasteiger partial charge in [-0.05, 0) is 42.7 Å². The lowest BCUT2D eigenvalue weighted by Gasteiger charge is -2.15. The number of carbonyl (C=O) groups is 1. The minimum absolute atomic E-state index is 0.0116. The molecule has 1 aliphatic carbocycles. The largest absolute Gasteiger partial charge is 0.486 e. The lowest BCUT2D eigenvalue weighted by atomic mass is 10.1. The number of nitrogens with one attached hydrogen (secondary N) is 2. The molecule has 2 aromatic carbocycles. The molecule has 1 heterocycles. The second-order valence-corrected chi connectivity index (χ2v) is 8.01. The predicted molar refractivity (Wildman–Crippen MR) is 108 cm³/mol. The summed E-state index contributed by atoms with van der Waals surface area (Å²) in [6.07, 6.45) is 2.09. The Morgan fingerprint density at radius 3 is 2.68 bits per heavy atom. The van der Waals surface area contributed by atoms with E-state index in [9.17, 15) is 4.79 Å². The molecule has 0 unspecified atom stereocenters. The highest BCUT2D eigenvalue weighted by atomic mass is 35.5. The van der Waals surface area contributed by atoms with Crippen LogP contribution in [0.3, 0.4) is 0 Å². The van der Waals surface area contributed by atoms with Gasteiger partial charge in [-0.15, -0.1) is 5.10 Å². The molecule has 0 radical (unpaired) electrons. The van der Waals surface area contributed by atoms with Crippen molar-refractivity contribution >= 4 is 29.3 Å². The van der Waals surface area contributed by atoms with Crippen LogP contribution in [0.5, 0.6) is 5.75 Å². The van der Waals surface area contributed by atoms with Crippen LogP contribution in [0, 0.1) is 0 Å². The Hall–Kier alpha value is -2.51. The number of hydrogen-bond acceptors (Lipinski definition) is 5. The highest BCUT2D eigenvalue weighted by Gasteiger charge is 2.30. The zero-order valence-corrected chi connectivity index (χ0v) is 16.5. The average Bonchev–Trinajstić information content (AvgIpc) is 3.41. The molecule has 0 aliphatic heterocycles. The first kappa shape index (κ1) is 18.8. The molecular formula is C20H19ClN4O2S. The highest BCUT2D eigenvalue weighted by Crippen LogP contribution is 2.34. The first-order valence-corrected chi connectivity index (χ1v) is 10.2. The Bertz CT molecular complexity index is 929. The van der Waals surface area contributed by atoms with Crippen LogP contribution in [0.15, 0.2) is 59.8 Å². The number of ether oxygens (including phenoxy) is 1. The molecule has 0 bridgehead atoms. The van der Waals surface area contributed by atoms with Gasteiger partial charge < -0.3 is 10.1 Å². The maximum absolute atomic E-state index is 12.7. The fourth-order valence-corrected chi connectivity index (χ4v) is 3.65. The highest BCUT2D eigenvalue weighted by molar-refractivity contribution is 8.00. The van der Waals surface area contributed by atoms with Crippen molar-refractivity contribution in [2.45, 2.75) is 35.9 Å². The van der Waals surface area contributed by atoms with E-state index in [-0.39, 0.29) is 12.5 Å². The first-order valence-electron chi connectivity index (χ1n) is 8.99. The molecule has 3 aromatic rings. The number of aromatic nitrogens is 3. The predicted octanol–water partition coefficient (Wildman–Crippen LogP) is 4.15. The van der Waals surface area contributed by atoms with Crippen LogP contribution in [0.2, 0.25) is 5.02 Å². The van der Waals surface area contributed by atoms with Crippen LogP contribution < -0.4 is 10.1 Å². The van der Waals surface area contributed by atoms with E-state index in [1.807, 2.05) is 30.3 Å². The number of carbonyl (C=O) groups excluding carboxylic acids is 1. The summed E-state index contributed by atoms with van der Waals surface area (Å²) in [4.78, 5) is 17.2. The van der Waals surface area contributed by atoms with Gasteiger partial charge in [0.1, 0.15) is 17.6 Å². The van der Waals surface area contributed by atoms with Gasteiger partial charge >= 0.3 is 0 Å². The standard InChI is InChI=1S/C20H19ClN4O2S/c21-14-6-10-16(11-7-14)27-12-17-23-20(25-24-17)28-18(13-4-2-1-3-5-13)19(26)22-15-8-9-15/h1-7,10-11,15,18H,8-9,12H2,(H,22,26)(H,23,24,25)/t18-/m1/s1. The summed E-state index contributed by atoms with van der Waals surface area (Å²) in [6.45, 7) is 0.249. The second-order valence-electron chi connectivity index (χ2n) is 6.50. The van der Waals surface area contributed by atoms with E-state index in [1.165, 1.54) is 11.8 Å². The van der Waals surface area contributed by atoms with Gasteiger partial charge in [-0.25, -0.2) is 4.98 Å². The lowest BCUT2D eigenvalue weighted by molar-refractivity contribution is -0.120. The number of amides is 1. The fraction of sp³-hybridized carbons (Fsp3) is 0.250. The number of benzene rings is 2. The van der Waals surface area contributed by atoms with Crippen LogP contribution >= 0.6 is 23.4 Å². The molecule has 6 nitrogen and oxygen atoms in total. The summed E-state index contributed by atoms with van der Waals surface area (Å²) in [6, 6.07) is 17.1. The normalized spacial score (nSPS) is 14.5. The Labute approximate surface area is 172 Å². The number of thioether (sulfide) groups is 1. The first-order chi connectivity index (χ1) is 13.7. The van der Waals surface area contributed by atoms with Crippen LogP contribution in [-0.4, -0.2) is 27.1 Å². The molecule has 144 valence electrons. The minimum atomic E-state index is -0.400. The summed E-state index contributed by atoms with van der Waals surface area (Å²) in [5, 5.41) is 10.9. The zero-order chi connectivity index (χ0) is 19.3. The van der Waals surface area contributed by atoms with Crippen molar-refractivity contribution in [2.75, 3.05) is 0 Å². The number of aromatic amines is 1. The van der Waals surface area contributed by atoms with Gasteiger partial charge in [0.15, 0.2) is 5.82 Å². The van der Waals surface area contributed by atoms with E-state index in [0.717, 1.165) is 18.4 Å². The van der Waals surface area contributed by atoms with Gasteiger partial charge in [0.05, 0.1) is 0 Å². The molecule has 1 aromatic heterocycles. The average molecular weight is 415 g/mol. The Morgan fingerprint density at radius 2 is 1.96 bits per heavy atom. The van der Waals surface area contributed by atoms with Gasteiger partial charge in [0, 0.05) is 11.1 Å². The molecule has 1 atom stereocenters. The number of hydrogen-bond donors (Lipinski definition) is 2. The topological polar surface area (TPSA) is 79.9 Å². The third kappa shape index (κ3) is 5.05. The van der Waals surface area contributed by atoms with Gasteiger partial charge in [-0.3, -0.25) is 9.89 Å². The lowest BCUT2D eigenvalue weighted by Crippen LogP contribution is -2.29. The molecule has 28 heavy (non-hydrogen) atoms. The van der Waals surface area contributed by atoms with Crippen molar-refractivity contribution in [3.8, 4) is 5.75 Å². The van der Waals surface area contributed by atoms with Crippen molar-refractivity contribution in [1.82, 2.24) is 20.5 Å². The summed E-state index contributed by atoms with van der Waals surface area (Å²) >= 11 is 7.20. The molecule has 1 saturated carbocycles. The summed E-state index contributed by atoms with van der Waals surface area (Å²) in [5.41, 5.74) is 0.925. The zero-order valence-electron chi connectivity index (χ0n) is 15.0. The molecule has 1 fully saturated rings. The summed E-state index contributed by atoms with van der Waals surface area (Å²) < 4.78 is 5.68. The second kappa shape index (κ2) is 8.67. The number of rotatable bonds is 8. The van der Waals surface area contributed by atoms with Gasteiger partial charge in [-0.2, -0.15) is 0 Å². The van der Waals surface area contributed by atoms with Gasteiger partial charge in [-0.1, -0.05) is 53.7 Å². The number of nitrogens with zero attached hydrogens (tertiary/aromatic N) is 2. The summed E-state index contributed by atoms with van der Waals surface area (Å²) in [5.74, 6) is 1.27. The van der Waals surface area contributed by atoms with Crippen molar-refractivity contribution < 1.29 is 9.53 Å². The van der Waals surface area contributed by atoms with E-state index < -0.39 is 5.25 Å². The van der Waals surface area contributed by atoms with Crippen LogP contribution in [-0.2, 0) is 11.4 Å². The van der Waals surface area contributed by atoms with Crippen LogP contribution in [0.25, 0.3) is 0 Å². The maximum Gasteiger partial charge on any atom is 0.238 e. The van der Waals surface area contributed by atoms with Crippen molar-refractivity contribution in [2.24, 2.45) is 0 Å². The van der Waals surface area contributed by atoms with E-state index in [0.29, 0.717) is 27.8 Å². The molecule has 0 saturated heterocycles. The smallest absolute Gasteiger partial charge is 0.238 e. The molecule has 2 N–H and O–H groups in total. The van der Waals surface area contributed by atoms with E-state index in [4.69, 9.17) is 16.3 Å². The number of H-pyrrole nitrogens is 1. The van der Waals surface area contributed by atoms with E-state index in [2.05, 4.69) is 20.5 Å². The molecular weight excluding hydrogens is 396 g/mol. The van der Waals surface area contributed by atoms with Crippen LogP contribution in [0.4, 0.5) is 0 Å². The number of halogens is 1. The van der Waals surface area contributed by atoms with Gasteiger partial charge in [0.25, 0.3) is 0 Å². The third-order valence-corrected chi connectivity index (χ3v) is 5.56. The van der Waals surface area contributed by atoms with Crippen molar-refractivity contribution in [1.29, 1.82) is 0 Å². The fourth-order valence-electron chi connectivity index (χ4n) is 2.59. The van der Waals surface area contributed by atoms with Crippen molar-refractivity contribution in [3.63, 3.8) is 0 Å². The third-order valence-electron chi connectivity index (χ3n) is 4.19. The quantitative estimate of drug-likeness (QED) is 0.541. The Kier molecular flexibility index (Phi) is 5.83. The molecule has 1 amide bonds.